The van der Waals surface area contributed by atoms with E-state index in [0.29, 0.717) is 0 Å². The Balaban J connectivity index is 2.14. The molecule has 1 atom stereocenters. The summed E-state index contributed by atoms with van der Waals surface area (Å²) >= 11 is 3.56. The molecular weight excluding hydrogens is 364 g/mol. The van der Waals surface area contributed by atoms with Crippen LogP contribution >= 0.6 is 15.9 Å². The van der Waals surface area contributed by atoms with Gasteiger partial charge in [-0.2, -0.15) is 0 Å². The van der Waals surface area contributed by atoms with E-state index in [0.717, 1.165) is 32.7 Å². The molecule has 0 aliphatic carbocycles. The molecule has 3 nitrogen and oxygen atoms in total. The molecule has 2 aliphatic rings. The molecule has 0 saturated carbocycles. The minimum absolute atomic E-state index is 0.0780. The number of hydrogen-bond acceptors (Lipinski definition) is 2. The van der Waals surface area contributed by atoms with Gasteiger partial charge in [-0.05, 0) is 24.3 Å². The van der Waals surface area contributed by atoms with Crippen molar-refractivity contribution in [3.8, 4) is 0 Å². The number of aliphatic imine (C=N–C) groups is 1. The highest BCUT2D eigenvalue weighted by atomic mass is 79.9. The summed E-state index contributed by atoms with van der Waals surface area (Å²) in [4.78, 5) is 20.2. The molecule has 0 N–H and O–H groups in total. The lowest BCUT2D eigenvalue weighted by atomic mass is 9.66. The van der Waals surface area contributed by atoms with Crippen molar-refractivity contribution >= 4 is 38.9 Å². The summed E-state index contributed by atoms with van der Waals surface area (Å²) in [6.45, 7) is 6.38. The van der Waals surface area contributed by atoms with E-state index in [1.54, 1.807) is 4.90 Å². The van der Waals surface area contributed by atoms with E-state index in [1.807, 2.05) is 43.4 Å². The maximum Gasteiger partial charge on any atom is 0.247 e. The van der Waals surface area contributed by atoms with Crippen LogP contribution in [0.15, 0.2) is 51.9 Å². The number of likely N-dealkylation sites (N-methyl/N-ethyl adjacent to an activating group) is 1. The van der Waals surface area contributed by atoms with Gasteiger partial charge in [-0.1, -0.05) is 54.9 Å². The van der Waals surface area contributed by atoms with Crippen LogP contribution in [0.2, 0.25) is 0 Å². The Morgan fingerprint density at radius 3 is 2.50 bits per heavy atom. The first-order valence-electron chi connectivity index (χ1n) is 8.05. The molecular formula is C20H19BrN2O. The monoisotopic (exact) mass is 382 g/mol. The molecule has 4 heteroatoms. The summed E-state index contributed by atoms with van der Waals surface area (Å²) in [5.74, 6) is 0.0780. The zero-order chi connectivity index (χ0) is 17.3. The number of amides is 1. The Labute approximate surface area is 150 Å². The van der Waals surface area contributed by atoms with Crippen molar-refractivity contribution in [2.45, 2.75) is 26.2 Å². The van der Waals surface area contributed by atoms with Gasteiger partial charge in [-0.15, -0.1) is 0 Å². The van der Waals surface area contributed by atoms with Gasteiger partial charge in [0.2, 0.25) is 5.91 Å². The summed E-state index contributed by atoms with van der Waals surface area (Å²) in [6, 6.07) is 14.1. The second kappa shape index (κ2) is 4.79. The van der Waals surface area contributed by atoms with Crippen molar-refractivity contribution in [2.75, 3.05) is 11.9 Å². The van der Waals surface area contributed by atoms with Crippen molar-refractivity contribution in [1.82, 2.24) is 0 Å². The van der Waals surface area contributed by atoms with E-state index >= 15 is 0 Å². The van der Waals surface area contributed by atoms with Gasteiger partial charge in [-0.3, -0.25) is 9.79 Å². The van der Waals surface area contributed by atoms with E-state index < -0.39 is 5.41 Å². The number of fused-ring (bicyclic) bond motifs is 4. The first-order valence-corrected chi connectivity index (χ1v) is 8.84. The van der Waals surface area contributed by atoms with Gasteiger partial charge in [0.15, 0.2) is 0 Å². The standard InChI is InChI=1S/C20H19BrN2O/c1-19(2,3)17-20(14-11-12(21)9-10-15(14)22-17)13-7-5-6-8-16(13)23(4)18(20)24/h5-11H,1-4H3. The molecule has 2 aliphatic heterocycles. The van der Waals surface area contributed by atoms with Gasteiger partial charge in [0.25, 0.3) is 0 Å². The Morgan fingerprint density at radius 1 is 1.08 bits per heavy atom. The number of benzene rings is 2. The van der Waals surface area contributed by atoms with Crippen LogP contribution < -0.4 is 4.90 Å². The zero-order valence-electron chi connectivity index (χ0n) is 14.2. The lowest BCUT2D eigenvalue weighted by Crippen LogP contribution is -2.48. The molecule has 2 aromatic rings. The highest BCUT2D eigenvalue weighted by Gasteiger charge is 2.60. The zero-order valence-corrected chi connectivity index (χ0v) is 15.8. The van der Waals surface area contributed by atoms with Gasteiger partial charge in [0, 0.05) is 39.5 Å². The van der Waals surface area contributed by atoms with Crippen LogP contribution in [0.5, 0.6) is 0 Å². The quantitative estimate of drug-likeness (QED) is 0.641. The van der Waals surface area contributed by atoms with E-state index in [-0.39, 0.29) is 11.3 Å². The van der Waals surface area contributed by atoms with Crippen molar-refractivity contribution in [3.05, 3.63) is 58.1 Å². The fraction of sp³-hybridized carbons (Fsp3) is 0.300. The minimum atomic E-state index is -0.817. The first-order chi connectivity index (χ1) is 11.3. The van der Waals surface area contributed by atoms with Crippen LogP contribution in [0.4, 0.5) is 11.4 Å². The number of carbonyl (C=O) groups excluding carboxylic acids is 1. The molecule has 24 heavy (non-hydrogen) atoms. The summed E-state index contributed by atoms with van der Waals surface area (Å²) in [7, 11) is 1.85. The van der Waals surface area contributed by atoms with Gasteiger partial charge < -0.3 is 4.90 Å². The van der Waals surface area contributed by atoms with Crippen molar-refractivity contribution in [1.29, 1.82) is 0 Å². The molecule has 0 bridgehead atoms. The Kier molecular flexibility index (Phi) is 3.11. The third-order valence-corrected chi connectivity index (χ3v) is 5.45. The number of hydrogen-bond donors (Lipinski definition) is 0. The molecule has 4 rings (SSSR count). The number of anilines is 1. The predicted molar refractivity (Wildman–Crippen MR) is 101 cm³/mol. The maximum absolute atomic E-state index is 13.5. The number of nitrogens with zero attached hydrogens (tertiary/aromatic N) is 2. The average Bonchev–Trinajstić information content (AvgIpc) is 2.98. The van der Waals surface area contributed by atoms with Gasteiger partial charge in [0.1, 0.15) is 5.41 Å². The molecule has 122 valence electrons. The topological polar surface area (TPSA) is 32.7 Å². The number of carbonyl (C=O) groups is 1. The second-order valence-electron chi connectivity index (χ2n) is 7.50. The maximum atomic E-state index is 13.5. The number of halogens is 1. The SMILES string of the molecule is CN1C(=O)C2(C(C(C)(C)C)=Nc3ccc(Br)cc32)c2ccccc21. The van der Waals surface area contributed by atoms with E-state index in [9.17, 15) is 4.79 Å². The van der Waals surface area contributed by atoms with Crippen LogP contribution in [0.1, 0.15) is 31.9 Å². The Morgan fingerprint density at radius 2 is 1.79 bits per heavy atom. The highest BCUT2D eigenvalue weighted by Crippen LogP contribution is 2.56. The molecule has 2 heterocycles. The molecule has 1 unspecified atom stereocenters. The normalized spacial score (nSPS) is 22.0. The van der Waals surface area contributed by atoms with Crippen molar-refractivity contribution in [3.63, 3.8) is 0 Å². The van der Waals surface area contributed by atoms with Crippen molar-refractivity contribution < 1.29 is 4.79 Å². The van der Waals surface area contributed by atoms with Crippen LogP contribution in [0.25, 0.3) is 0 Å². The Hall–Kier alpha value is -1.94. The van der Waals surface area contributed by atoms with Crippen molar-refractivity contribution in [2.24, 2.45) is 10.4 Å². The van der Waals surface area contributed by atoms with Gasteiger partial charge in [-0.25, -0.2) is 0 Å². The summed E-state index contributed by atoms with van der Waals surface area (Å²) in [5, 5.41) is 0. The third-order valence-electron chi connectivity index (χ3n) is 4.96. The smallest absolute Gasteiger partial charge is 0.247 e. The fourth-order valence-electron chi connectivity index (χ4n) is 4.02. The van der Waals surface area contributed by atoms with E-state index in [1.165, 1.54) is 0 Å². The second-order valence-corrected chi connectivity index (χ2v) is 8.42. The average molecular weight is 383 g/mol. The summed E-state index contributed by atoms with van der Waals surface area (Å²) in [5.41, 5.74) is 3.74. The molecule has 0 aromatic heterocycles. The highest BCUT2D eigenvalue weighted by molar-refractivity contribution is 9.10. The largest absolute Gasteiger partial charge is 0.314 e. The minimum Gasteiger partial charge on any atom is -0.314 e. The molecule has 2 aromatic carbocycles. The molecule has 1 amide bonds. The molecule has 1 spiro atoms. The van der Waals surface area contributed by atoms with Crippen LogP contribution in [0, 0.1) is 5.41 Å². The lowest BCUT2D eigenvalue weighted by molar-refractivity contribution is -0.119. The van der Waals surface area contributed by atoms with Crippen LogP contribution in [-0.4, -0.2) is 18.7 Å². The first kappa shape index (κ1) is 15.6. The third kappa shape index (κ3) is 1.78. The van der Waals surface area contributed by atoms with Crippen LogP contribution in [-0.2, 0) is 10.2 Å². The molecule has 0 radical (unpaired) electrons. The number of rotatable bonds is 0. The van der Waals surface area contributed by atoms with E-state index in [4.69, 9.17) is 4.99 Å². The molecule has 0 saturated heterocycles. The molecule has 0 fully saturated rings. The van der Waals surface area contributed by atoms with E-state index in [2.05, 4.69) is 42.8 Å². The summed E-state index contributed by atoms with van der Waals surface area (Å²) < 4.78 is 0.964. The predicted octanol–water partition coefficient (Wildman–Crippen LogP) is 4.84. The van der Waals surface area contributed by atoms with Gasteiger partial charge >= 0.3 is 0 Å². The summed E-state index contributed by atoms with van der Waals surface area (Å²) in [6.07, 6.45) is 0. The Bertz CT molecular complexity index is 910. The van der Waals surface area contributed by atoms with Crippen LogP contribution in [0.3, 0.4) is 0 Å². The number of para-hydroxylation sites is 1. The lowest BCUT2D eigenvalue weighted by Gasteiger charge is -2.33. The van der Waals surface area contributed by atoms with Gasteiger partial charge in [0.05, 0.1) is 5.69 Å². The fourth-order valence-corrected chi connectivity index (χ4v) is 4.38.